The molecule has 2 aromatic rings. The molecule has 1 unspecified atom stereocenters. The summed E-state index contributed by atoms with van der Waals surface area (Å²) < 4.78 is 0. The summed E-state index contributed by atoms with van der Waals surface area (Å²) in [6.07, 6.45) is -0.508. The number of nitrogens with zero attached hydrogens (tertiary/aromatic N) is 1. The molecule has 0 aliphatic heterocycles. The van der Waals surface area contributed by atoms with Crippen LogP contribution in [0.5, 0.6) is 0 Å². The number of hydrogen-bond donors (Lipinski definition) is 1. The van der Waals surface area contributed by atoms with E-state index >= 15 is 0 Å². The molecule has 1 aromatic carbocycles. The van der Waals surface area contributed by atoms with Crippen molar-refractivity contribution in [3.05, 3.63) is 57.8 Å². The smallest absolute Gasteiger partial charge is 0.113 e. The van der Waals surface area contributed by atoms with Crippen LogP contribution in [0, 0.1) is 0 Å². The van der Waals surface area contributed by atoms with E-state index in [-0.39, 0.29) is 0 Å². The molecule has 2 nitrogen and oxygen atoms in total. The van der Waals surface area contributed by atoms with Crippen molar-refractivity contribution in [2.75, 3.05) is 14.1 Å². The summed E-state index contributed by atoms with van der Waals surface area (Å²) in [4.78, 5) is 3.11. The number of benzene rings is 1. The van der Waals surface area contributed by atoms with E-state index in [2.05, 4.69) is 11.0 Å². The Hall–Kier alpha value is -1.16. The van der Waals surface area contributed by atoms with Crippen molar-refractivity contribution >= 4 is 11.3 Å². The van der Waals surface area contributed by atoms with Crippen molar-refractivity contribution in [1.29, 1.82) is 0 Å². The summed E-state index contributed by atoms with van der Waals surface area (Å²) in [5.41, 5.74) is 2.18. The molecule has 1 aromatic heterocycles. The fraction of sp³-hybridized carbons (Fsp3) is 0.286. The Kier molecular flexibility index (Phi) is 3.94. The molecule has 0 spiro atoms. The second-order valence-electron chi connectivity index (χ2n) is 4.35. The molecule has 90 valence electrons. The minimum atomic E-state index is -0.508. The first-order valence-electron chi connectivity index (χ1n) is 5.62. The lowest BCUT2D eigenvalue weighted by Gasteiger charge is -2.17. The molecule has 2 rings (SSSR count). The van der Waals surface area contributed by atoms with Gasteiger partial charge in [0.15, 0.2) is 0 Å². The molecule has 3 heteroatoms. The Morgan fingerprint density at radius 3 is 2.59 bits per heavy atom. The summed E-state index contributed by atoms with van der Waals surface area (Å²) in [6, 6.07) is 12.0. The van der Waals surface area contributed by atoms with Crippen molar-refractivity contribution in [1.82, 2.24) is 4.90 Å². The molecular formula is C14H17NOS. The third-order valence-electron chi connectivity index (χ3n) is 2.65. The van der Waals surface area contributed by atoms with Crippen molar-refractivity contribution in [3.63, 3.8) is 0 Å². The largest absolute Gasteiger partial charge is 0.383 e. The molecule has 0 radical (unpaired) electrons. The Labute approximate surface area is 106 Å². The van der Waals surface area contributed by atoms with Gasteiger partial charge in [-0.2, -0.15) is 0 Å². The minimum Gasteiger partial charge on any atom is -0.383 e. The van der Waals surface area contributed by atoms with Crippen LogP contribution in [0.2, 0.25) is 0 Å². The highest BCUT2D eigenvalue weighted by atomic mass is 32.1. The number of thiophene rings is 1. The highest BCUT2D eigenvalue weighted by Gasteiger charge is 2.15. The van der Waals surface area contributed by atoms with Crippen LogP contribution in [0.25, 0.3) is 0 Å². The van der Waals surface area contributed by atoms with Crippen LogP contribution in [-0.4, -0.2) is 24.1 Å². The van der Waals surface area contributed by atoms with Gasteiger partial charge < -0.3 is 10.0 Å². The number of aliphatic hydroxyl groups is 1. The van der Waals surface area contributed by atoms with E-state index in [9.17, 15) is 5.11 Å². The molecule has 0 bridgehead atoms. The van der Waals surface area contributed by atoms with Gasteiger partial charge in [0.1, 0.15) is 6.10 Å². The molecule has 0 aliphatic carbocycles. The fourth-order valence-electron chi connectivity index (χ4n) is 1.89. The van der Waals surface area contributed by atoms with Gasteiger partial charge in [-0.1, -0.05) is 30.3 Å². The van der Waals surface area contributed by atoms with E-state index in [1.165, 1.54) is 5.56 Å². The minimum absolute atomic E-state index is 0.508. The topological polar surface area (TPSA) is 23.5 Å². The Balaban J connectivity index is 2.31. The lowest BCUT2D eigenvalue weighted by atomic mass is 10.0. The van der Waals surface area contributed by atoms with E-state index in [1.807, 2.05) is 49.8 Å². The molecule has 17 heavy (non-hydrogen) atoms. The van der Waals surface area contributed by atoms with Gasteiger partial charge in [0.25, 0.3) is 0 Å². The molecular weight excluding hydrogens is 230 g/mol. The lowest BCUT2D eigenvalue weighted by molar-refractivity contribution is 0.221. The second-order valence-corrected chi connectivity index (χ2v) is 5.33. The molecule has 0 saturated carbocycles. The zero-order chi connectivity index (χ0) is 12.3. The maximum absolute atomic E-state index is 10.4. The Morgan fingerprint density at radius 2 is 1.94 bits per heavy atom. The van der Waals surface area contributed by atoms with Gasteiger partial charge in [0.2, 0.25) is 0 Å². The van der Waals surface area contributed by atoms with Crippen LogP contribution >= 0.6 is 11.3 Å². The maximum atomic E-state index is 10.4. The first-order chi connectivity index (χ1) is 8.18. The zero-order valence-electron chi connectivity index (χ0n) is 10.1. The molecule has 0 aliphatic rings. The highest BCUT2D eigenvalue weighted by molar-refractivity contribution is 7.10. The summed E-state index contributed by atoms with van der Waals surface area (Å²) in [5.74, 6) is 0. The van der Waals surface area contributed by atoms with Crippen molar-refractivity contribution in [3.8, 4) is 0 Å². The van der Waals surface area contributed by atoms with E-state index in [4.69, 9.17) is 0 Å². The highest BCUT2D eigenvalue weighted by Crippen LogP contribution is 2.28. The van der Waals surface area contributed by atoms with Crippen LogP contribution in [0.4, 0.5) is 0 Å². The first-order valence-corrected chi connectivity index (χ1v) is 6.50. The Morgan fingerprint density at radius 1 is 1.18 bits per heavy atom. The lowest BCUT2D eigenvalue weighted by Crippen LogP contribution is -2.13. The van der Waals surface area contributed by atoms with Gasteiger partial charge in [-0.3, -0.25) is 0 Å². The van der Waals surface area contributed by atoms with Crippen LogP contribution in [0.3, 0.4) is 0 Å². The predicted molar refractivity (Wildman–Crippen MR) is 72.2 cm³/mol. The molecule has 1 atom stereocenters. The van der Waals surface area contributed by atoms with E-state index in [0.29, 0.717) is 0 Å². The summed E-state index contributed by atoms with van der Waals surface area (Å²) in [6.45, 7) is 0.846. The zero-order valence-corrected chi connectivity index (χ0v) is 10.9. The average Bonchev–Trinajstić information content (AvgIpc) is 2.81. The number of hydrogen-bond acceptors (Lipinski definition) is 3. The summed E-state index contributed by atoms with van der Waals surface area (Å²) >= 11 is 1.59. The quantitative estimate of drug-likeness (QED) is 0.898. The third kappa shape index (κ3) is 2.94. The maximum Gasteiger partial charge on any atom is 0.113 e. The number of rotatable bonds is 4. The molecule has 0 amide bonds. The first kappa shape index (κ1) is 12.3. The SMILES string of the molecule is CN(C)Cc1ccccc1C(O)c1cccs1. The van der Waals surface area contributed by atoms with Crippen molar-refractivity contribution in [2.24, 2.45) is 0 Å². The molecule has 0 fully saturated rings. The fourth-order valence-corrected chi connectivity index (χ4v) is 2.61. The van der Waals surface area contributed by atoms with E-state index in [0.717, 1.165) is 17.0 Å². The average molecular weight is 247 g/mol. The Bertz CT molecular complexity index is 465. The molecule has 1 heterocycles. The van der Waals surface area contributed by atoms with Crippen LogP contribution in [0.15, 0.2) is 41.8 Å². The summed E-state index contributed by atoms with van der Waals surface area (Å²) in [7, 11) is 4.07. The van der Waals surface area contributed by atoms with Gasteiger partial charge in [-0.15, -0.1) is 11.3 Å². The van der Waals surface area contributed by atoms with Crippen molar-refractivity contribution < 1.29 is 5.11 Å². The third-order valence-corrected chi connectivity index (χ3v) is 3.57. The summed E-state index contributed by atoms with van der Waals surface area (Å²) in [5, 5.41) is 12.4. The van der Waals surface area contributed by atoms with Gasteiger partial charge in [-0.25, -0.2) is 0 Å². The molecule has 0 saturated heterocycles. The number of aliphatic hydroxyl groups excluding tert-OH is 1. The van der Waals surface area contributed by atoms with Crippen LogP contribution < -0.4 is 0 Å². The van der Waals surface area contributed by atoms with E-state index < -0.39 is 6.10 Å². The van der Waals surface area contributed by atoms with Crippen molar-refractivity contribution in [2.45, 2.75) is 12.6 Å². The monoisotopic (exact) mass is 247 g/mol. The van der Waals surface area contributed by atoms with Gasteiger partial charge >= 0.3 is 0 Å². The van der Waals surface area contributed by atoms with Crippen LogP contribution in [0.1, 0.15) is 22.1 Å². The normalized spacial score (nSPS) is 12.9. The van der Waals surface area contributed by atoms with Gasteiger partial charge in [-0.05, 0) is 36.7 Å². The van der Waals surface area contributed by atoms with Crippen LogP contribution in [-0.2, 0) is 6.54 Å². The predicted octanol–water partition coefficient (Wildman–Crippen LogP) is 2.89. The standard InChI is InChI=1S/C14H17NOS/c1-15(2)10-11-6-3-4-7-12(11)14(16)13-8-5-9-17-13/h3-9,14,16H,10H2,1-2H3. The molecule has 1 N–H and O–H groups in total. The van der Waals surface area contributed by atoms with Gasteiger partial charge in [0, 0.05) is 11.4 Å². The second kappa shape index (κ2) is 5.45. The van der Waals surface area contributed by atoms with Gasteiger partial charge in [0.05, 0.1) is 0 Å². The van der Waals surface area contributed by atoms with E-state index in [1.54, 1.807) is 11.3 Å².